The lowest BCUT2D eigenvalue weighted by Crippen LogP contribution is -2.20. The Morgan fingerprint density at radius 1 is 1.22 bits per heavy atom. The predicted molar refractivity (Wildman–Crippen MR) is 98.4 cm³/mol. The predicted octanol–water partition coefficient (Wildman–Crippen LogP) is 5.01. The highest BCUT2D eigenvalue weighted by atomic mass is 35.5. The van der Waals surface area contributed by atoms with Crippen LogP contribution >= 0.6 is 11.6 Å². The summed E-state index contributed by atoms with van der Waals surface area (Å²) in [5.74, 6) is 0.0915. The molecule has 142 valence electrons. The van der Waals surface area contributed by atoms with Gasteiger partial charge in [-0.05, 0) is 30.7 Å². The smallest absolute Gasteiger partial charge is 0.324 e. The normalized spacial score (nSPS) is 11.7. The highest BCUT2D eigenvalue weighted by molar-refractivity contribution is 6.31. The molecular formula is C18H16ClF3N4O. The van der Waals surface area contributed by atoms with Gasteiger partial charge < -0.3 is 5.32 Å². The molecule has 0 aliphatic heterocycles. The lowest BCUT2D eigenvalue weighted by Gasteiger charge is -2.13. The van der Waals surface area contributed by atoms with E-state index in [4.69, 9.17) is 11.6 Å². The van der Waals surface area contributed by atoms with Crippen molar-refractivity contribution in [3.05, 3.63) is 57.5 Å². The summed E-state index contributed by atoms with van der Waals surface area (Å²) in [6.45, 7) is 2.51. The second-order valence-electron chi connectivity index (χ2n) is 5.97. The number of unbranched alkanes of at least 4 members (excludes halogenated alkanes) is 1. The average Bonchev–Trinajstić information content (AvgIpc) is 2.61. The van der Waals surface area contributed by atoms with Crippen LogP contribution in [-0.2, 0) is 12.7 Å². The van der Waals surface area contributed by atoms with Crippen LogP contribution in [-0.4, -0.2) is 14.5 Å². The third kappa shape index (κ3) is 4.21. The summed E-state index contributed by atoms with van der Waals surface area (Å²) in [6.07, 6.45) is -1.34. The number of anilines is 2. The van der Waals surface area contributed by atoms with Crippen LogP contribution in [0.5, 0.6) is 0 Å². The highest BCUT2D eigenvalue weighted by Crippen LogP contribution is 2.36. The molecule has 0 unspecified atom stereocenters. The number of aromatic nitrogens is 3. The second kappa shape index (κ2) is 7.56. The molecule has 0 spiro atoms. The van der Waals surface area contributed by atoms with E-state index in [9.17, 15) is 18.0 Å². The maximum atomic E-state index is 13.0. The summed E-state index contributed by atoms with van der Waals surface area (Å²) in [4.78, 5) is 20.6. The van der Waals surface area contributed by atoms with Gasteiger partial charge in [0, 0.05) is 29.9 Å². The van der Waals surface area contributed by atoms with Gasteiger partial charge >= 0.3 is 6.18 Å². The van der Waals surface area contributed by atoms with Crippen molar-refractivity contribution in [3.63, 3.8) is 0 Å². The SMILES string of the molecule is CCCCn1c(=O)ccc2cnc(Nc3ccc(Cl)c(C(F)(F)F)c3)nc21. The molecule has 9 heteroatoms. The number of alkyl halides is 3. The number of benzene rings is 1. The van der Waals surface area contributed by atoms with Crippen molar-refractivity contribution in [3.8, 4) is 0 Å². The zero-order valence-electron chi connectivity index (χ0n) is 14.3. The van der Waals surface area contributed by atoms with Gasteiger partial charge in [-0.3, -0.25) is 9.36 Å². The Bertz CT molecular complexity index is 1030. The lowest BCUT2D eigenvalue weighted by atomic mass is 10.2. The van der Waals surface area contributed by atoms with Crippen LogP contribution in [0.3, 0.4) is 0 Å². The quantitative estimate of drug-likeness (QED) is 0.658. The van der Waals surface area contributed by atoms with E-state index in [0.29, 0.717) is 17.6 Å². The Hall–Kier alpha value is -2.61. The topological polar surface area (TPSA) is 59.8 Å². The van der Waals surface area contributed by atoms with Crippen molar-refractivity contribution in [2.24, 2.45) is 0 Å². The molecule has 2 aromatic heterocycles. The third-order valence-electron chi connectivity index (χ3n) is 3.99. The molecule has 0 fully saturated rings. The molecule has 1 aromatic carbocycles. The standard InChI is InChI=1S/C18H16ClF3N4O/c1-2-3-8-26-15(27)7-4-11-10-23-17(25-16(11)26)24-12-5-6-14(19)13(9-12)18(20,21)22/h4-7,9-10H,2-3,8H2,1H3,(H,23,24,25). The Kier molecular flexibility index (Phi) is 5.36. The fourth-order valence-corrected chi connectivity index (χ4v) is 2.84. The number of rotatable bonds is 5. The Labute approximate surface area is 157 Å². The molecule has 0 saturated carbocycles. The van der Waals surface area contributed by atoms with Gasteiger partial charge in [0.15, 0.2) is 0 Å². The van der Waals surface area contributed by atoms with Gasteiger partial charge in [0.2, 0.25) is 5.95 Å². The molecule has 0 bridgehead atoms. The van der Waals surface area contributed by atoms with Crippen LogP contribution in [0.4, 0.5) is 24.8 Å². The number of hydrogen-bond acceptors (Lipinski definition) is 4. The number of halogens is 4. The van der Waals surface area contributed by atoms with Gasteiger partial charge in [-0.25, -0.2) is 4.98 Å². The Morgan fingerprint density at radius 2 is 2.00 bits per heavy atom. The van der Waals surface area contributed by atoms with Crippen molar-refractivity contribution in [1.82, 2.24) is 14.5 Å². The van der Waals surface area contributed by atoms with E-state index in [1.165, 1.54) is 22.9 Å². The summed E-state index contributed by atoms with van der Waals surface area (Å²) in [5, 5.41) is 3.02. The van der Waals surface area contributed by atoms with Crippen LogP contribution in [0.15, 0.2) is 41.3 Å². The molecule has 2 heterocycles. The number of hydrogen-bond donors (Lipinski definition) is 1. The van der Waals surface area contributed by atoms with E-state index in [0.717, 1.165) is 25.0 Å². The summed E-state index contributed by atoms with van der Waals surface area (Å²) in [6, 6.07) is 6.52. The van der Waals surface area contributed by atoms with Crippen molar-refractivity contribution < 1.29 is 13.2 Å². The fraction of sp³-hybridized carbons (Fsp3) is 0.278. The first-order chi connectivity index (χ1) is 12.8. The Balaban J connectivity index is 2.00. The second-order valence-corrected chi connectivity index (χ2v) is 6.37. The highest BCUT2D eigenvalue weighted by Gasteiger charge is 2.33. The van der Waals surface area contributed by atoms with Crippen LogP contribution in [0.1, 0.15) is 25.3 Å². The number of nitrogens with one attached hydrogen (secondary N) is 1. The van der Waals surface area contributed by atoms with Crippen molar-refractivity contribution in [2.75, 3.05) is 5.32 Å². The molecule has 3 aromatic rings. The first-order valence-corrected chi connectivity index (χ1v) is 8.67. The van der Waals surface area contributed by atoms with Gasteiger partial charge in [0.1, 0.15) is 5.65 Å². The zero-order chi connectivity index (χ0) is 19.6. The number of pyridine rings is 1. The minimum atomic E-state index is -4.57. The molecule has 0 aliphatic carbocycles. The van der Waals surface area contributed by atoms with Gasteiger partial charge in [-0.2, -0.15) is 18.2 Å². The molecule has 0 saturated heterocycles. The maximum absolute atomic E-state index is 13.0. The third-order valence-corrected chi connectivity index (χ3v) is 4.32. The van der Waals surface area contributed by atoms with Crippen LogP contribution in [0.25, 0.3) is 11.0 Å². The monoisotopic (exact) mass is 396 g/mol. The summed E-state index contributed by atoms with van der Waals surface area (Å²) in [7, 11) is 0. The van der Waals surface area contributed by atoms with Crippen LogP contribution in [0.2, 0.25) is 5.02 Å². The summed E-state index contributed by atoms with van der Waals surface area (Å²) < 4.78 is 40.6. The van der Waals surface area contributed by atoms with Gasteiger partial charge in [0.25, 0.3) is 5.56 Å². The van der Waals surface area contributed by atoms with Crippen molar-refractivity contribution in [1.29, 1.82) is 0 Å². The zero-order valence-corrected chi connectivity index (χ0v) is 15.1. The van der Waals surface area contributed by atoms with Crippen molar-refractivity contribution in [2.45, 2.75) is 32.5 Å². The lowest BCUT2D eigenvalue weighted by molar-refractivity contribution is -0.137. The molecule has 0 radical (unpaired) electrons. The molecule has 27 heavy (non-hydrogen) atoms. The summed E-state index contributed by atoms with van der Waals surface area (Å²) >= 11 is 5.63. The van der Waals surface area contributed by atoms with E-state index >= 15 is 0 Å². The molecule has 0 amide bonds. The van der Waals surface area contributed by atoms with Gasteiger partial charge in [-0.1, -0.05) is 24.9 Å². The number of nitrogens with zero attached hydrogens (tertiary/aromatic N) is 3. The molecule has 1 N–H and O–H groups in total. The molecule has 0 atom stereocenters. The van der Waals surface area contributed by atoms with Gasteiger partial charge in [-0.15, -0.1) is 0 Å². The maximum Gasteiger partial charge on any atom is 0.417 e. The largest absolute Gasteiger partial charge is 0.417 e. The first-order valence-electron chi connectivity index (χ1n) is 8.30. The first kappa shape index (κ1) is 19.2. The van der Waals surface area contributed by atoms with Crippen LogP contribution in [0, 0.1) is 0 Å². The molecule has 5 nitrogen and oxygen atoms in total. The molecular weight excluding hydrogens is 381 g/mol. The summed E-state index contributed by atoms with van der Waals surface area (Å²) in [5.41, 5.74) is -0.566. The fourth-order valence-electron chi connectivity index (χ4n) is 2.61. The number of fused-ring (bicyclic) bond motifs is 1. The van der Waals surface area contributed by atoms with Crippen LogP contribution < -0.4 is 10.9 Å². The average molecular weight is 397 g/mol. The van der Waals surface area contributed by atoms with Crippen molar-refractivity contribution >= 4 is 34.3 Å². The van der Waals surface area contributed by atoms with Gasteiger partial charge in [0.05, 0.1) is 10.6 Å². The van der Waals surface area contributed by atoms with E-state index in [-0.39, 0.29) is 22.2 Å². The molecule has 0 aliphatic rings. The van der Waals surface area contributed by atoms with E-state index in [1.54, 1.807) is 6.07 Å². The Morgan fingerprint density at radius 3 is 2.70 bits per heavy atom. The number of aryl methyl sites for hydroxylation is 1. The van der Waals surface area contributed by atoms with E-state index in [2.05, 4.69) is 15.3 Å². The minimum absolute atomic E-state index is 0.0915. The minimum Gasteiger partial charge on any atom is -0.324 e. The molecule has 3 rings (SSSR count). The van der Waals surface area contributed by atoms with E-state index in [1.807, 2.05) is 6.92 Å². The van der Waals surface area contributed by atoms with E-state index < -0.39 is 11.7 Å².